The lowest BCUT2D eigenvalue weighted by atomic mass is 10.0. The van der Waals surface area contributed by atoms with Gasteiger partial charge in [0.15, 0.2) is 0 Å². The largest absolute Gasteiger partial charge is 0.396 e. The summed E-state index contributed by atoms with van der Waals surface area (Å²) in [6.45, 7) is 6.84. The third-order valence-corrected chi connectivity index (χ3v) is 4.28. The van der Waals surface area contributed by atoms with Gasteiger partial charge in [-0.1, -0.05) is 20.8 Å². The van der Waals surface area contributed by atoms with Gasteiger partial charge in [0.2, 0.25) is 0 Å². The van der Waals surface area contributed by atoms with E-state index in [2.05, 4.69) is 29.7 Å². The van der Waals surface area contributed by atoms with Crippen molar-refractivity contribution in [1.82, 2.24) is 10.6 Å². The molecule has 1 aromatic rings. The summed E-state index contributed by atoms with van der Waals surface area (Å²) >= 11 is 1.73. The van der Waals surface area contributed by atoms with Crippen LogP contribution in [0.25, 0.3) is 0 Å². The van der Waals surface area contributed by atoms with Gasteiger partial charge < -0.3 is 15.7 Å². The SMILES string of the molecule is CCc1ccc(CNC(=O)NC(CCO)C(C)C)s1. The molecule has 0 saturated carbocycles. The number of rotatable bonds is 7. The van der Waals surface area contributed by atoms with E-state index < -0.39 is 0 Å². The summed E-state index contributed by atoms with van der Waals surface area (Å²) in [6, 6.07) is 4.00. The number of hydrogen-bond acceptors (Lipinski definition) is 3. The van der Waals surface area contributed by atoms with Crippen LogP contribution in [0.4, 0.5) is 4.79 Å². The van der Waals surface area contributed by atoms with Crippen molar-refractivity contribution >= 4 is 17.4 Å². The van der Waals surface area contributed by atoms with Crippen LogP contribution in [0, 0.1) is 5.92 Å². The zero-order chi connectivity index (χ0) is 14.3. The van der Waals surface area contributed by atoms with Crippen LogP contribution in [-0.4, -0.2) is 23.8 Å². The van der Waals surface area contributed by atoms with E-state index in [0.29, 0.717) is 18.9 Å². The summed E-state index contributed by atoms with van der Waals surface area (Å²) in [5, 5.41) is 14.7. The topological polar surface area (TPSA) is 61.4 Å². The standard InChI is InChI=1S/C14H24N2O2S/c1-4-11-5-6-12(19-11)9-15-14(18)16-13(7-8-17)10(2)3/h5-6,10,13,17H,4,7-9H2,1-3H3,(H2,15,16,18). The number of hydrogen-bond donors (Lipinski definition) is 3. The van der Waals surface area contributed by atoms with Crippen LogP contribution in [0.5, 0.6) is 0 Å². The van der Waals surface area contributed by atoms with Gasteiger partial charge in [-0.3, -0.25) is 0 Å². The molecule has 0 radical (unpaired) electrons. The van der Waals surface area contributed by atoms with E-state index in [4.69, 9.17) is 5.11 Å². The fraction of sp³-hybridized carbons (Fsp3) is 0.643. The molecule has 0 bridgehead atoms. The molecule has 1 unspecified atom stereocenters. The summed E-state index contributed by atoms with van der Waals surface area (Å²) in [4.78, 5) is 14.3. The molecule has 3 N–H and O–H groups in total. The maximum absolute atomic E-state index is 11.8. The average Bonchev–Trinajstić information content (AvgIpc) is 2.83. The van der Waals surface area contributed by atoms with Crippen molar-refractivity contribution in [3.05, 3.63) is 21.9 Å². The lowest BCUT2D eigenvalue weighted by Gasteiger charge is -2.21. The Morgan fingerprint density at radius 2 is 2.05 bits per heavy atom. The molecule has 0 aliphatic rings. The van der Waals surface area contributed by atoms with Crippen LogP contribution < -0.4 is 10.6 Å². The van der Waals surface area contributed by atoms with Crippen molar-refractivity contribution in [1.29, 1.82) is 0 Å². The first-order valence-electron chi connectivity index (χ1n) is 6.79. The van der Waals surface area contributed by atoms with Gasteiger partial charge in [0.05, 0.1) is 6.54 Å². The molecule has 5 heteroatoms. The number of carbonyl (C=O) groups excluding carboxylic acids is 1. The highest BCUT2D eigenvalue weighted by molar-refractivity contribution is 7.11. The molecular weight excluding hydrogens is 260 g/mol. The number of amides is 2. The van der Waals surface area contributed by atoms with Crippen molar-refractivity contribution in [2.24, 2.45) is 5.92 Å². The minimum Gasteiger partial charge on any atom is -0.396 e. The Morgan fingerprint density at radius 3 is 2.58 bits per heavy atom. The number of aliphatic hydroxyl groups excluding tert-OH is 1. The molecule has 0 saturated heterocycles. The molecule has 0 aromatic carbocycles. The molecule has 19 heavy (non-hydrogen) atoms. The fourth-order valence-electron chi connectivity index (χ4n) is 1.81. The minimum absolute atomic E-state index is 0.0135. The number of aliphatic hydroxyl groups is 1. The maximum atomic E-state index is 11.8. The van der Waals surface area contributed by atoms with Crippen LogP contribution in [0.2, 0.25) is 0 Å². The zero-order valence-corrected chi connectivity index (χ0v) is 12.7. The fourth-order valence-corrected chi connectivity index (χ4v) is 2.70. The van der Waals surface area contributed by atoms with Gasteiger partial charge in [-0.15, -0.1) is 11.3 Å². The molecule has 1 rings (SSSR count). The van der Waals surface area contributed by atoms with E-state index in [9.17, 15) is 4.79 Å². The second-order valence-electron chi connectivity index (χ2n) is 4.91. The van der Waals surface area contributed by atoms with E-state index in [-0.39, 0.29) is 18.7 Å². The van der Waals surface area contributed by atoms with Gasteiger partial charge in [0.1, 0.15) is 0 Å². The first kappa shape index (κ1) is 16.0. The maximum Gasteiger partial charge on any atom is 0.315 e. The highest BCUT2D eigenvalue weighted by Gasteiger charge is 2.15. The van der Waals surface area contributed by atoms with E-state index >= 15 is 0 Å². The smallest absolute Gasteiger partial charge is 0.315 e. The van der Waals surface area contributed by atoms with Crippen LogP contribution in [0.1, 0.15) is 36.9 Å². The molecule has 1 heterocycles. The predicted molar refractivity (Wildman–Crippen MR) is 79.4 cm³/mol. The quantitative estimate of drug-likeness (QED) is 0.720. The van der Waals surface area contributed by atoms with Gasteiger partial charge in [-0.05, 0) is 30.9 Å². The van der Waals surface area contributed by atoms with E-state index in [1.54, 1.807) is 11.3 Å². The Hall–Kier alpha value is -1.07. The van der Waals surface area contributed by atoms with Crippen molar-refractivity contribution in [3.63, 3.8) is 0 Å². The Kier molecular flexibility index (Phi) is 6.87. The zero-order valence-electron chi connectivity index (χ0n) is 11.9. The molecule has 0 spiro atoms. The lowest BCUT2D eigenvalue weighted by Crippen LogP contribution is -2.44. The monoisotopic (exact) mass is 284 g/mol. The first-order chi connectivity index (χ1) is 9.06. The second-order valence-corrected chi connectivity index (χ2v) is 6.16. The van der Waals surface area contributed by atoms with Gasteiger partial charge in [0, 0.05) is 22.4 Å². The lowest BCUT2D eigenvalue weighted by molar-refractivity contribution is 0.219. The van der Waals surface area contributed by atoms with Crippen molar-refractivity contribution in [2.45, 2.75) is 46.2 Å². The van der Waals surface area contributed by atoms with Gasteiger partial charge in [-0.25, -0.2) is 4.79 Å². The molecule has 1 aromatic heterocycles. The molecule has 1 atom stereocenters. The normalized spacial score (nSPS) is 12.5. The molecule has 2 amide bonds. The highest BCUT2D eigenvalue weighted by Crippen LogP contribution is 2.16. The number of carbonyl (C=O) groups is 1. The van der Waals surface area contributed by atoms with Crippen LogP contribution >= 0.6 is 11.3 Å². The Morgan fingerprint density at radius 1 is 1.37 bits per heavy atom. The van der Waals surface area contributed by atoms with Crippen LogP contribution in [0.15, 0.2) is 12.1 Å². The summed E-state index contributed by atoms with van der Waals surface area (Å²) in [5.41, 5.74) is 0. The highest BCUT2D eigenvalue weighted by atomic mass is 32.1. The van der Waals surface area contributed by atoms with Gasteiger partial charge >= 0.3 is 6.03 Å². The molecule has 0 fully saturated rings. The molecule has 4 nitrogen and oxygen atoms in total. The summed E-state index contributed by atoms with van der Waals surface area (Å²) in [7, 11) is 0. The first-order valence-corrected chi connectivity index (χ1v) is 7.61. The number of thiophene rings is 1. The summed E-state index contributed by atoms with van der Waals surface area (Å²) in [5.74, 6) is 0.311. The predicted octanol–water partition coefficient (Wildman–Crippen LogP) is 2.52. The number of nitrogens with one attached hydrogen (secondary N) is 2. The van der Waals surface area contributed by atoms with Crippen molar-refractivity contribution in [3.8, 4) is 0 Å². The minimum atomic E-state index is -0.168. The summed E-state index contributed by atoms with van der Waals surface area (Å²) < 4.78 is 0. The van der Waals surface area contributed by atoms with E-state index in [1.165, 1.54) is 4.88 Å². The third-order valence-electron chi connectivity index (χ3n) is 3.05. The van der Waals surface area contributed by atoms with Gasteiger partial charge in [-0.2, -0.15) is 0 Å². The average molecular weight is 284 g/mol. The Labute approximate surface area is 119 Å². The van der Waals surface area contributed by atoms with Crippen molar-refractivity contribution < 1.29 is 9.90 Å². The summed E-state index contributed by atoms with van der Waals surface area (Å²) in [6.07, 6.45) is 1.62. The molecule has 108 valence electrons. The second kappa shape index (κ2) is 8.17. The van der Waals surface area contributed by atoms with Crippen LogP contribution in [0.3, 0.4) is 0 Å². The number of aryl methyl sites for hydroxylation is 1. The third kappa shape index (κ3) is 5.61. The number of urea groups is 1. The van der Waals surface area contributed by atoms with E-state index in [1.807, 2.05) is 13.8 Å². The van der Waals surface area contributed by atoms with E-state index in [0.717, 1.165) is 11.3 Å². The van der Waals surface area contributed by atoms with Crippen molar-refractivity contribution in [2.75, 3.05) is 6.61 Å². The molecule has 0 aliphatic carbocycles. The molecule has 0 aliphatic heterocycles. The Bertz CT molecular complexity index is 391. The van der Waals surface area contributed by atoms with Gasteiger partial charge in [0.25, 0.3) is 0 Å². The molecular formula is C14H24N2O2S. The van der Waals surface area contributed by atoms with Crippen LogP contribution in [-0.2, 0) is 13.0 Å². The Balaban J connectivity index is 2.37.